The SMILES string of the molecule is Nc1nc(N)c2cnn(C3Cc4ccccc4N(Cc4ccc(F)cc4F)C3)c2n1. The molecule has 4 aromatic rings. The molecular formula is C21H19F2N7. The Kier molecular flexibility index (Phi) is 4.23. The zero-order valence-corrected chi connectivity index (χ0v) is 16.0. The maximum atomic E-state index is 14.3. The standard InChI is InChI=1S/C21H19F2N7/c22-14-6-5-13(17(23)8-14)10-29-11-15(7-12-3-1-2-4-18(12)29)30-20-16(9-26-30)19(24)27-21(25)28-20/h1-6,8-9,15H,7,10-11H2,(H4,24,25,27,28). The number of aromatic nitrogens is 4. The van der Waals surface area contributed by atoms with Gasteiger partial charge in [-0.3, -0.25) is 0 Å². The van der Waals surface area contributed by atoms with Crippen LogP contribution in [0.2, 0.25) is 0 Å². The molecule has 30 heavy (non-hydrogen) atoms. The van der Waals surface area contributed by atoms with Crippen LogP contribution in [0.15, 0.2) is 48.7 Å². The van der Waals surface area contributed by atoms with Crippen LogP contribution in [0.1, 0.15) is 17.2 Å². The quantitative estimate of drug-likeness (QED) is 0.542. The molecule has 0 spiro atoms. The zero-order chi connectivity index (χ0) is 20.8. The van der Waals surface area contributed by atoms with Gasteiger partial charge in [0.2, 0.25) is 5.95 Å². The van der Waals surface area contributed by atoms with Crippen molar-refractivity contribution in [2.75, 3.05) is 22.9 Å². The van der Waals surface area contributed by atoms with Crippen molar-refractivity contribution in [2.24, 2.45) is 0 Å². The number of fused-ring (bicyclic) bond motifs is 2. The minimum Gasteiger partial charge on any atom is -0.383 e. The van der Waals surface area contributed by atoms with E-state index in [1.165, 1.54) is 12.1 Å². The van der Waals surface area contributed by atoms with Gasteiger partial charge in [0.1, 0.15) is 17.5 Å². The summed E-state index contributed by atoms with van der Waals surface area (Å²) in [6.07, 6.45) is 2.35. The van der Waals surface area contributed by atoms with Crippen LogP contribution in [0.4, 0.5) is 26.2 Å². The van der Waals surface area contributed by atoms with E-state index in [9.17, 15) is 8.78 Å². The molecule has 3 heterocycles. The fourth-order valence-corrected chi connectivity index (χ4v) is 4.06. The summed E-state index contributed by atoms with van der Waals surface area (Å²) in [5.74, 6) is -0.785. The van der Waals surface area contributed by atoms with Crippen molar-refractivity contribution < 1.29 is 8.78 Å². The highest BCUT2D eigenvalue weighted by atomic mass is 19.1. The lowest BCUT2D eigenvalue weighted by Gasteiger charge is -2.36. The molecule has 0 saturated carbocycles. The molecule has 5 rings (SSSR count). The van der Waals surface area contributed by atoms with E-state index in [1.807, 2.05) is 24.3 Å². The van der Waals surface area contributed by atoms with Crippen LogP contribution in [0.5, 0.6) is 0 Å². The summed E-state index contributed by atoms with van der Waals surface area (Å²) in [7, 11) is 0. The van der Waals surface area contributed by atoms with Crippen LogP contribution in [0.3, 0.4) is 0 Å². The van der Waals surface area contributed by atoms with Gasteiger partial charge < -0.3 is 16.4 Å². The van der Waals surface area contributed by atoms with Crippen LogP contribution >= 0.6 is 0 Å². The van der Waals surface area contributed by atoms with Crippen molar-refractivity contribution in [1.82, 2.24) is 19.7 Å². The van der Waals surface area contributed by atoms with Crippen LogP contribution in [-0.2, 0) is 13.0 Å². The first-order chi connectivity index (χ1) is 14.5. The summed E-state index contributed by atoms with van der Waals surface area (Å²) in [6, 6.07) is 11.6. The van der Waals surface area contributed by atoms with Gasteiger partial charge in [0.15, 0.2) is 5.65 Å². The second kappa shape index (κ2) is 6.94. The molecule has 2 aromatic heterocycles. The van der Waals surface area contributed by atoms with E-state index >= 15 is 0 Å². The number of nitrogens with zero attached hydrogens (tertiary/aromatic N) is 5. The molecule has 1 unspecified atom stereocenters. The van der Waals surface area contributed by atoms with E-state index in [1.54, 1.807) is 10.9 Å². The van der Waals surface area contributed by atoms with E-state index in [2.05, 4.69) is 20.0 Å². The second-order valence-corrected chi connectivity index (χ2v) is 7.40. The third-order valence-electron chi connectivity index (χ3n) is 5.44. The maximum Gasteiger partial charge on any atom is 0.224 e. The smallest absolute Gasteiger partial charge is 0.224 e. The molecule has 7 nitrogen and oxygen atoms in total. The highest BCUT2D eigenvalue weighted by Gasteiger charge is 2.28. The van der Waals surface area contributed by atoms with Crippen LogP contribution in [0.25, 0.3) is 11.0 Å². The number of halogens is 2. The molecule has 0 saturated heterocycles. The molecule has 2 aromatic carbocycles. The van der Waals surface area contributed by atoms with Crippen LogP contribution in [0, 0.1) is 11.6 Å². The third kappa shape index (κ3) is 3.08. The molecule has 0 radical (unpaired) electrons. The van der Waals surface area contributed by atoms with Gasteiger partial charge in [-0.05, 0) is 24.1 Å². The first-order valence-corrected chi connectivity index (χ1v) is 9.52. The molecule has 9 heteroatoms. The van der Waals surface area contributed by atoms with E-state index in [-0.39, 0.29) is 17.8 Å². The van der Waals surface area contributed by atoms with Crippen molar-refractivity contribution in [1.29, 1.82) is 0 Å². The summed E-state index contributed by atoms with van der Waals surface area (Å²) in [6.45, 7) is 0.868. The zero-order valence-electron chi connectivity index (χ0n) is 16.0. The van der Waals surface area contributed by atoms with Gasteiger partial charge in [-0.15, -0.1) is 0 Å². The van der Waals surface area contributed by atoms with Gasteiger partial charge in [-0.1, -0.05) is 24.3 Å². The number of rotatable bonds is 3. The first kappa shape index (κ1) is 18.3. The molecule has 1 aliphatic rings. The molecule has 0 bridgehead atoms. The number of para-hydroxylation sites is 1. The summed E-state index contributed by atoms with van der Waals surface area (Å²) in [4.78, 5) is 10.4. The van der Waals surface area contributed by atoms with E-state index in [0.29, 0.717) is 29.7 Å². The number of anilines is 3. The van der Waals surface area contributed by atoms with E-state index < -0.39 is 11.6 Å². The highest BCUT2D eigenvalue weighted by Crippen LogP contribution is 2.34. The molecule has 4 N–H and O–H groups in total. The molecule has 0 aliphatic carbocycles. The molecule has 1 atom stereocenters. The Morgan fingerprint density at radius 1 is 1.07 bits per heavy atom. The lowest BCUT2D eigenvalue weighted by molar-refractivity contribution is 0.437. The van der Waals surface area contributed by atoms with Crippen LogP contribution in [-0.4, -0.2) is 26.3 Å². The Labute approximate surface area is 170 Å². The number of benzene rings is 2. The predicted molar refractivity (Wildman–Crippen MR) is 111 cm³/mol. The highest BCUT2D eigenvalue weighted by molar-refractivity contribution is 5.86. The lowest BCUT2D eigenvalue weighted by Crippen LogP contribution is -2.37. The Morgan fingerprint density at radius 3 is 2.73 bits per heavy atom. The maximum absolute atomic E-state index is 14.3. The van der Waals surface area contributed by atoms with Gasteiger partial charge in [-0.25, -0.2) is 13.5 Å². The topological polar surface area (TPSA) is 98.9 Å². The van der Waals surface area contributed by atoms with Gasteiger partial charge >= 0.3 is 0 Å². The summed E-state index contributed by atoms with van der Waals surface area (Å²) in [5.41, 5.74) is 14.9. The number of nitrogens with two attached hydrogens (primary N) is 2. The lowest BCUT2D eigenvalue weighted by atomic mass is 9.97. The van der Waals surface area contributed by atoms with E-state index in [0.717, 1.165) is 23.7 Å². The Bertz CT molecular complexity index is 1250. The molecular weight excluding hydrogens is 388 g/mol. The van der Waals surface area contributed by atoms with Crippen molar-refractivity contribution >= 4 is 28.5 Å². The molecule has 152 valence electrons. The first-order valence-electron chi connectivity index (χ1n) is 9.52. The van der Waals surface area contributed by atoms with Gasteiger partial charge in [0.05, 0.1) is 17.6 Å². The Hall–Kier alpha value is -3.75. The molecule has 0 amide bonds. The molecule has 1 aliphatic heterocycles. The Balaban J connectivity index is 1.55. The van der Waals surface area contributed by atoms with Crippen molar-refractivity contribution in [3.8, 4) is 0 Å². The number of hydrogen-bond acceptors (Lipinski definition) is 6. The van der Waals surface area contributed by atoms with Crippen molar-refractivity contribution in [2.45, 2.75) is 19.0 Å². The minimum atomic E-state index is -0.592. The van der Waals surface area contributed by atoms with Crippen LogP contribution < -0.4 is 16.4 Å². The summed E-state index contributed by atoms with van der Waals surface area (Å²) >= 11 is 0. The fraction of sp³-hybridized carbons (Fsp3) is 0.190. The van der Waals surface area contributed by atoms with Crippen molar-refractivity contribution in [3.63, 3.8) is 0 Å². The number of hydrogen-bond donors (Lipinski definition) is 2. The largest absolute Gasteiger partial charge is 0.383 e. The second-order valence-electron chi connectivity index (χ2n) is 7.40. The Morgan fingerprint density at radius 2 is 1.90 bits per heavy atom. The van der Waals surface area contributed by atoms with Gasteiger partial charge in [-0.2, -0.15) is 15.1 Å². The summed E-state index contributed by atoms with van der Waals surface area (Å²) in [5, 5.41) is 5.13. The predicted octanol–water partition coefficient (Wildman–Crippen LogP) is 3.07. The van der Waals surface area contributed by atoms with Gasteiger partial charge in [0.25, 0.3) is 0 Å². The average Bonchev–Trinajstić information content (AvgIpc) is 3.14. The summed E-state index contributed by atoms with van der Waals surface area (Å²) < 4.78 is 29.4. The minimum absolute atomic E-state index is 0.0744. The monoisotopic (exact) mass is 407 g/mol. The normalized spacial score (nSPS) is 16.1. The number of nitrogen functional groups attached to an aromatic ring is 2. The van der Waals surface area contributed by atoms with Gasteiger partial charge in [0, 0.05) is 30.4 Å². The third-order valence-corrected chi connectivity index (χ3v) is 5.44. The van der Waals surface area contributed by atoms with Crippen molar-refractivity contribution in [3.05, 3.63) is 71.4 Å². The van der Waals surface area contributed by atoms with E-state index in [4.69, 9.17) is 11.5 Å². The fourth-order valence-electron chi connectivity index (χ4n) is 4.06. The molecule has 0 fully saturated rings. The average molecular weight is 407 g/mol.